The van der Waals surface area contributed by atoms with E-state index in [2.05, 4.69) is 5.32 Å². The second-order valence-corrected chi connectivity index (χ2v) is 5.94. The average Bonchev–Trinajstić information content (AvgIpc) is 2.46. The molecule has 0 spiro atoms. The van der Waals surface area contributed by atoms with Crippen LogP contribution in [-0.2, 0) is 15.5 Å². The van der Waals surface area contributed by atoms with Crippen LogP contribution in [-0.4, -0.2) is 42.9 Å². The molecule has 3 unspecified atom stereocenters. The Morgan fingerprint density at radius 3 is 2.72 bits per heavy atom. The fourth-order valence-electron chi connectivity index (χ4n) is 2.14. The van der Waals surface area contributed by atoms with Crippen molar-refractivity contribution < 1.29 is 13.7 Å². The van der Waals surface area contributed by atoms with Crippen LogP contribution in [0.15, 0.2) is 29.2 Å². The molecule has 1 heterocycles. The zero-order valence-electron chi connectivity index (χ0n) is 10.7. The summed E-state index contributed by atoms with van der Waals surface area (Å²) in [7, 11) is 2.48. The molecule has 4 nitrogen and oxygen atoms in total. The van der Waals surface area contributed by atoms with E-state index in [4.69, 9.17) is 9.47 Å². The highest BCUT2D eigenvalue weighted by Gasteiger charge is 2.30. The van der Waals surface area contributed by atoms with E-state index in [1.165, 1.54) is 0 Å². The molecule has 2 rings (SSSR count). The summed E-state index contributed by atoms with van der Waals surface area (Å²) in [6.45, 7) is 1.28. The van der Waals surface area contributed by atoms with Gasteiger partial charge in [-0.25, -0.2) is 0 Å². The van der Waals surface area contributed by atoms with Gasteiger partial charge < -0.3 is 14.8 Å². The van der Waals surface area contributed by atoms with Gasteiger partial charge in [-0.05, 0) is 37.7 Å². The number of methoxy groups -OCH3 is 1. The van der Waals surface area contributed by atoms with E-state index in [1.807, 2.05) is 31.3 Å². The number of hydrogen-bond acceptors (Lipinski definition) is 4. The molecule has 1 saturated heterocycles. The molecule has 1 N–H and O–H groups in total. The molecule has 0 radical (unpaired) electrons. The Hall–Kier alpha value is -0.910. The van der Waals surface area contributed by atoms with E-state index in [1.54, 1.807) is 7.11 Å². The van der Waals surface area contributed by atoms with Gasteiger partial charge in [-0.1, -0.05) is 0 Å². The molecule has 5 heteroatoms. The summed E-state index contributed by atoms with van der Waals surface area (Å²) >= 11 is 0. The molecule has 1 fully saturated rings. The fraction of sp³-hybridized carbons (Fsp3) is 0.538. The van der Waals surface area contributed by atoms with E-state index in [0.717, 1.165) is 23.7 Å². The highest BCUT2D eigenvalue weighted by atomic mass is 32.2. The Bertz CT molecular complexity index is 407. The molecule has 0 bridgehead atoms. The third-order valence-corrected chi connectivity index (χ3v) is 4.99. The molecule has 100 valence electrons. The summed E-state index contributed by atoms with van der Waals surface area (Å²) in [6, 6.07) is 7.64. The molecule has 3 atom stereocenters. The van der Waals surface area contributed by atoms with Crippen LogP contribution in [0.2, 0.25) is 0 Å². The first-order chi connectivity index (χ1) is 8.76. The van der Waals surface area contributed by atoms with E-state index in [-0.39, 0.29) is 11.3 Å². The lowest BCUT2D eigenvalue weighted by Crippen LogP contribution is -2.47. The van der Waals surface area contributed by atoms with E-state index >= 15 is 0 Å². The average molecular weight is 269 g/mol. The van der Waals surface area contributed by atoms with Crippen molar-refractivity contribution in [2.24, 2.45) is 0 Å². The van der Waals surface area contributed by atoms with Crippen molar-refractivity contribution in [2.75, 3.05) is 27.4 Å². The third kappa shape index (κ3) is 2.91. The highest BCUT2D eigenvalue weighted by molar-refractivity contribution is 7.85. The van der Waals surface area contributed by atoms with Gasteiger partial charge in [0.25, 0.3) is 0 Å². The maximum absolute atomic E-state index is 12.5. The van der Waals surface area contributed by atoms with Gasteiger partial charge in [-0.15, -0.1) is 0 Å². The summed E-state index contributed by atoms with van der Waals surface area (Å²) in [5.41, 5.74) is 0. The van der Waals surface area contributed by atoms with Crippen LogP contribution >= 0.6 is 0 Å². The Balaban J connectivity index is 2.13. The van der Waals surface area contributed by atoms with Gasteiger partial charge in [0.15, 0.2) is 0 Å². The Morgan fingerprint density at radius 1 is 1.39 bits per heavy atom. The lowest BCUT2D eigenvalue weighted by Gasteiger charge is -2.30. The minimum atomic E-state index is -1.05. The fourth-order valence-corrected chi connectivity index (χ4v) is 3.68. The third-order valence-electron chi connectivity index (χ3n) is 3.24. The van der Waals surface area contributed by atoms with Crippen molar-refractivity contribution in [3.05, 3.63) is 24.3 Å². The standard InChI is InChI=1S/C13H19NO3S/c1-14-12-7-8-17-9-13(12)18(15)11-5-3-10(16-2)4-6-11/h3-6,12-14H,7-9H2,1-2H3. The first kappa shape index (κ1) is 13.5. The smallest absolute Gasteiger partial charge is 0.118 e. The summed E-state index contributed by atoms with van der Waals surface area (Å²) in [5, 5.41) is 3.24. The maximum Gasteiger partial charge on any atom is 0.118 e. The molecule has 1 aromatic rings. The summed E-state index contributed by atoms with van der Waals surface area (Å²) in [4.78, 5) is 0.826. The van der Waals surface area contributed by atoms with Crippen molar-refractivity contribution in [3.63, 3.8) is 0 Å². The lowest BCUT2D eigenvalue weighted by atomic mass is 10.1. The van der Waals surface area contributed by atoms with Crippen LogP contribution in [0.25, 0.3) is 0 Å². The molecule has 0 aliphatic carbocycles. The maximum atomic E-state index is 12.5. The molecule has 1 aliphatic rings. The first-order valence-electron chi connectivity index (χ1n) is 6.06. The first-order valence-corrected chi connectivity index (χ1v) is 7.27. The Kier molecular flexibility index (Phi) is 4.74. The molecular weight excluding hydrogens is 250 g/mol. The number of rotatable bonds is 4. The monoisotopic (exact) mass is 269 g/mol. The van der Waals surface area contributed by atoms with Crippen LogP contribution < -0.4 is 10.1 Å². The predicted molar refractivity (Wildman–Crippen MR) is 71.5 cm³/mol. The quantitative estimate of drug-likeness (QED) is 0.891. The van der Waals surface area contributed by atoms with E-state index < -0.39 is 10.8 Å². The van der Waals surface area contributed by atoms with Gasteiger partial charge in [0.2, 0.25) is 0 Å². The predicted octanol–water partition coefficient (Wildman–Crippen LogP) is 1.18. The van der Waals surface area contributed by atoms with Crippen LogP contribution in [0.5, 0.6) is 5.75 Å². The van der Waals surface area contributed by atoms with Gasteiger partial charge in [0, 0.05) is 17.5 Å². The number of hydrogen-bond donors (Lipinski definition) is 1. The molecule has 0 amide bonds. The molecule has 1 aliphatic heterocycles. The highest BCUT2D eigenvalue weighted by Crippen LogP contribution is 2.21. The summed E-state index contributed by atoms with van der Waals surface area (Å²) in [6.07, 6.45) is 0.906. The number of nitrogens with one attached hydrogen (secondary N) is 1. The van der Waals surface area contributed by atoms with Crippen LogP contribution in [0, 0.1) is 0 Å². The van der Waals surface area contributed by atoms with Crippen LogP contribution in [0.1, 0.15) is 6.42 Å². The molecule has 0 saturated carbocycles. The van der Waals surface area contributed by atoms with Crippen molar-refractivity contribution >= 4 is 10.8 Å². The van der Waals surface area contributed by atoms with E-state index in [9.17, 15) is 4.21 Å². The largest absolute Gasteiger partial charge is 0.497 e. The van der Waals surface area contributed by atoms with Crippen molar-refractivity contribution in [1.29, 1.82) is 0 Å². The van der Waals surface area contributed by atoms with Gasteiger partial charge >= 0.3 is 0 Å². The molecule has 0 aromatic heterocycles. The van der Waals surface area contributed by atoms with Gasteiger partial charge in [-0.2, -0.15) is 0 Å². The molecular formula is C13H19NO3S. The topological polar surface area (TPSA) is 47.6 Å². The Morgan fingerprint density at radius 2 is 2.11 bits per heavy atom. The minimum absolute atomic E-state index is 0.0112. The zero-order chi connectivity index (χ0) is 13.0. The van der Waals surface area contributed by atoms with Crippen molar-refractivity contribution in [1.82, 2.24) is 5.32 Å². The lowest BCUT2D eigenvalue weighted by molar-refractivity contribution is 0.0838. The second-order valence-electron chi connectivity index (χ2n) is 4.27. The summed E-state index contributed by atoms with van der Waals surface area (Å²) in [5.74, 6) is 0.779. The van der Waals surface area contributed by atoms with E-state index in [0.29, 0.717) is 6.61 Å². The van der Waals surface area contributed by atoms with Gasteiger partial charge in [0.1, 0.15) is 5.75 Å². The molecule has 1 aromatic carbocycles. The second kappa shape index (κ2) is 6.31. The van der Waals surface area contributed by atoms with Crippen LogP contribution in [0.3, 0.4) is 0 Å². The van der Waals surface area contributed by atoms with Crippen molar-refractivity contribution in [3.8, 4) is 5.75 Å². The molecule has 18 heavy (non-hydrogen) atoms. The zero-order valence-corrected chi connectivity index (χ0v) is 11.5. The normalized spacial score (nSPS) is 25.7. The number of benzene rings is 1. The minimum Gasteiger partial charge on any atom is -0.497 e. The number of ether oxygens (including phenoxy) is 2. The Labute approximate surface area is 110 Å². The van der Waals surface area contributed by atoms with Gasteiger partial charge in [0.05, 0.1) is 29.8 Å². The summed E-state index contributed by atoms with van der Waals surface area (Å²) < 4.78 is 23.1. The SMILES string of the molecule is CNC1CCOCC1S(=O)c1ccc(OC)cc1. The van der Waals surface area contributed by atoms with Crippen molar-refractivity contribution in [2.45, 2.75) is 22.6 Å². The van der Waals surface area contributed by atoms with Gasteiger partial charge in [-0.3, -0.25) is 4.21 Å². The van der Waals surface area contributed by atoms with Crippen LogP contribution in [0.4, 0.5) is 0 Å².